The molecule has 2 aliphatic carbocycles. The minimum Gasteiger partial charge on any atom is -0.504 e. The third-order valence-electron chi connectivity index (χ3n) is 4.58. The van der Waals surface area contributed by atoms with Crippen molar-refractivity contribution < 1.29 is 5.11 Å². The normalized spacial score (nSPS) is 23.1. The molecule has 0 bridgehead atoms. The van der Waals surface area contributed by atoms with E-state index in [-0.39, 0.29) is 5.75 Å². The van der Waals surface area contributed by atoms with Crippen molar-refractivity contribution in [3.8, 4) is 5.75 Å². The molecule has 1 aromatic heterocycles. The molecule has 0 aromatic carbocycles. The van der Waals surface area contributed by atoms with Crippen LogP contribution in [0.4, 0.5) is 0 Å². The summed E-state index contributed by atoms with van der Waals surface area (Å²) in [6.07, 6.45) is 13.4. The molecule has 4 nitrogen and oxygen atoms in total. The monoisotopic (exact) mass is 259 g/mol. The van der Waals surface area contributed by atoms with Gasteiger partial charge in [-0.25, -0.2) is 9.97 Å². The van der Waals surface area contributed by atoms with Crippen molar-refractivity contribution in [2.24, 2.45) is 17.1 Å². The number of rotatable bonds is 6. The Labute approximate surface area is 113 Å². The summed E-state index contributed by atoms with van der Waals surface area (Å²) in [5.41, 5.74) is 6.87. The number of unbranched alkanes of at least 4 members (excludes halogenated alkanes) is 1. The zero-order valence-electron chi connectivity index (χ0n) is 11.2. The smallest absolute Gasteiger partial charge is 0.155 e. The summed E-state index contributed by atoms with van der Waals surface area (Å²) in [5, 5.41) is 9.74. The predicted molar refractivity (Wildman–Crippen MR) is 74.2 cm³/mol. The average molecular weight is 259 g/mol. The van der Waals surface area contributed by atoms with Gasteiger partial charge in [0.2, 0.25) is 0 Å². The highest BCUT2D eigenvalue weighted by atomic mass is 16.3. The second-order valence-electron chi connectivity index (χ2n) is 5.93. The second-order valence-corrected chi connectivity index (χ2v) is 5.93. The van der Waals surface area contributed by atoms with E-state index in [0.29, 0.717) is 5.82 Å². The van der Waals surface area contributed by atoms with Gasteiger partial charge in [-0.15, -0.1) is 0 Å². The Morgan fingerprint density at radius 3 is 2.95 bits per heavy atom. The van der Waals surface area contributed by atoms with E-state index in [9.17, 15) is 5.11 Å². The minimum absolute atomic E-state index is 0.194. The Morgan fingerprint density at radius 1 is 1.42 bits per heavy atom. The molecule has 1 atom stereocenters. The maximum Gasteiger partial charge on any atom is 0.155 e. The molecule has 0 aliphatic heterocycles. The molecular weight excluding hydrogens is 238 g/mol. The van der Waals surface area contributed by atoms with Crippen molar-refractivity contribution in [1.29, 1.82) is 0 Å². The zero-order valence-corrected chi connectivity index (χ0v) is 11.2. The molecule has 3 rings (SSSR count). The Bertz CT molecular complexity index is 494. The first-order valence-electron chi connectivity index (χ1n) is 7.17. The molecule has 19 heavy (non-hydrogen) atoms. The van der Waals surface area contributed by atoms with Gasteiger partial charge < -0.3 is 10.8 Å². The number of aromatic nitrogens is 2. The topological polar surface area (TPSA) is 72.0 Å². The number of aromatic hydroxyl groups is 1. The van der Waals surface area contributed by atoms with E-state index in [4.69, 9.17) is 5.73 Å². The lowest BCUT2D eigenvalue weighted by molar-refractivity contribution is 0.457. The summed E-state index contributed by atoms with van der Waals surface area (Å²) in [6, 6.07) is 0. The largest absolute Gasteiger partial charge is 0.504 e. The third kappa shape index (κ3) is 2.72. The number of hydrogen-bond acceptors (Lipinski definition) is 4. The van der Waals surface area contributed by atoms with Gasteiger partial charge in [-0.2, -0.15) is 0 Å². The van der Waals surface area contributed by atoms with Crippen LogP contribution in [0.15, 0.2) is 12.4 Å². The van der Waals surface area contributed by atoms with E-state index < -0.39 is 0 Å². The van der Waals surface area contributed by atoms with Crippen LogP contribution in [0.25, 0.3) is 6.08 Å². The van der Waals surface area contributed by atoms with Crippen LogP contribution in [0.1, 0.15) is 50.0 Å². The average Bonchev–Trinajstić information content (AvgIpc) is 3.31. The molecule has 1 aromatic rings. The SMILES string of the molecule is NC=Cc1ncc(O)c(CCCCC2CC23CC3)n1. The van der Waals surface area contributed by atoms with Crippen molar-refractivity contribution in [3.63, 3.8) is 0 Å². The Balaban J connectivity index is 1.47. The molecule has 2 aliphatic rings. The zero-order chi connectivity index (χ0) is 13.3. The Kier molecular flexibility index (Phi) is 3.17. The molecule has 2 saturated carbocycles. The summed E-state index contributed by atoms with van der Waals surface area (Å²) < 4.78 is 0. The maximum atomic E-state index is 9.74. The lowest BCUT2D eigenvalue weighted by Gasteiger charge is -2.04. The quantitative estimate of drug-likeness (QED) is 0.770. The maximum absolute atomic E-state index is 9.74. The van der Waals surface area contributed by atoms with Crippen LogP contribution in [0.5, 0.6) is 5.75 Å². The van der Waals surface area contributed by atoms with Gasteiger partial charge in [0.1, 0.15) is 0 Å². The summed E-state index contributed by atoms with van der Waals surface area (Å²) in [6.45, 7) is 0. The number of nitrogens with zero attached hydrogens (tertiary/aromatic N) is 2. The molecule has 1 spiro atoms. The number of aryl methyl sites for hydroxylation is 1. The van der Waals surface area contributed by atoms with Crippen LogP contribution in [-0.4, -0.2) is 15.1 Å². The minimum atomic E-state index is 0.194. The lowest BCUT2D eigenvalue weighted by Crippen LogP contribution is -1.97. The van der Waals surface area contributed by atoms with Gasteiger partial charge in [0, 0.05) is 0 Å². The summed E-state index contributed by atoms with van der Waals surface area (Å²) in [5.74, 6) is 1.76. The molecule has 1 unspecified atom stereocenters. The van der Waals surface area contributed by atoms with Crippen molar-refractivity contribution >= 4 is 6.08 Å². The van der Waals surface area contributed by atoms with Gasteiger partial charge in [-0.05, 0) is 62.1 Å². The molecular formula is C15H21N3O. The Hall–Kier alpha value is -1.58. The fourth-order valence-electron chi connectivity index (χ4n) is 3.07. The van der Waals surface area contributed by atoms with Crippen molar-refractivity contribution in [3.05, 3.63) is 23.9 Å². The van der Waals surface area contributed by atoms with Crippen LogP contribution < -0.4 is 5.73 Å². The van der Waals surface area contributed by atoms with Crippen molar-refractivity contribution in [2.45, 2.75) is 44.9 Å². The first kappa shape index (κ1) is 12.5. The summed E-state index contributed by atoms with van der Waals surface area (Å²) in [7, 11) is 0. The highest BCUT2D eigenvalue weighted by molar-refractivity contribution is 5.40. The second kappa shape index (κ2) is 4.83. The first-order chi connectivity index (χ1) is 9.23. The van der Waals surface area contributed by atoms with Crippen LogP contribution in [0, 0.1) is 11.3 Å². The van der Waals surface area contributed by atoms with Gasteiger partial charge in [0.15, 0.2) is 11.6 Å². The standard InChI is InChI=1S/C15H21N3O/c16-8-5-14-17-10-13(19)12(18-14)4-2-1-3-11-9-15(11)6-7-15/h5,8,10-11,19H,1-4,6-7,9,16H2. The molecule has 0 saturated heterocycles. The molecule has 4 heteroatoms. The van der Waals surface area contributed by atoms with Gasteiger partial charge in [0.05, 0.1) is 11.9 Å². The molecule has 0 radical (unpaired) electrons. The van der Waals surface area contributed by atoms with E-state index in [0.717, 1.165) is 29.9 Å². The number of hydrogen-bond donors (Lipinski definition) is 2. The Morgan fingerprint density at radius 2 is 2.26 bits per heavy atom. The fourth-order valence-corrected chi connectivity index (χ4v) is 3.07. The van der Waals surface area contributed by atoms with Crippen LogP contribution >= 0.6 is 0 Å². The van der Waals surface area contributed by atoms with E-state index in [2.05, 4.69) is 9.97 Å². The third-order valence-corrected chi connectivity index (χ3v) is 4.58. The predicted octanol–water partition coefficient (Wildman–Crippen LogP) is 2.62. The van der Waals surface area contributed by atoms with Gasteiger partial charge >= 0.3 is 0 Å². The molecule has 3 N–H and O–H groups in total. The van der Waals surface area contributed by atoms with Crippen molar-refractivity contribution in [2.75, 3.05) is 0 Å². The van der Waals surface area contributed by atoms with Crippen molar-refractivity contribution in [1.82, 2.24) is 9.97 Å². The van der Waals surface area contributed by atoms with Crippen LogP contribution in [0.2, 0.25) is 0 Å². The van der Waals surface area contributed by atoms with Crippen LogP contribution in [-0.2, 0) is 6.42 Å². The molecule has 2 fully saturated rings. The summed E-state index contributed by atoms with van der Waals surface area (Å²) >= 11 is 0. The molecule has 102 valence electrons. The highest BCUT2D eigenvalue weighted by Gasteiger charge is 2.61. The molecule has 1 heterocycles. The van der Waals surface area contributed by atoms with E-state index >= 15 is 0 Å². The van der Waals surface area contributed by atoms with Crippen LogP contribution in [0.3, 0.4) is 0 Å². The highest BCUT2D eigenvalue weighted by Crippen LogP contribution is 2.71. The lowest BCUT2D eigenvalue weighted by atomic mass is 10.1. The molecule has 0 amide bonds. The fraction of sp³-hybridized carbons (Fsp3) is 0.600. The van der Waals surface area contributed by atoms with Gasteiger partial charge in [-0.1, -0.05) is 6.42 Å². The van der Waals surface area contributed by atoms with Gasteiger partial charge in [-0.3, -0.25) is 0 Å². The van der Waals surface area contributed by atoms with E-state index in [1.54, 1.807) is 6.08 Å². The first-order valence-corrected chi connectivity index (χ1v) is 7.17. The summed E-state index contributed by atoms with van der Waals surface area (Å²) in [4.78, 5) is 8.30. The van der Waals surface area contributed by atoms with Gasteiger partial charge in [0.25, 0.3) is 0 Å². The van der Waals surface area contributed by atoms with E-state index in [1.165, 1.54) is 44.5 Å². The number of nitrogens with two attached hydrogens (primary N) is 1. The van der Waals surface area contributed by atoms with E-state index in [1.807, 2.05) is 0 Å².